The number of imidazole rings is 1. The van der Waals surface area contributed by atoms with Gasteiger partial charge in [-0.3, -0.25) is 14.7 Å². The highest BCUT2D eigenvalue weighted by Crippen LogP contribution is 2.50. The SMILES string of the molecule is CC(C)n1cnc([C@H]2CN(Cc3ccsc3)C[C@@]23CCN(Cc2cccnc2)C3=O)c1. The molecule has 0 radical (unpaired) electrons. The Labute approximate surface area is 187 Å². The topological polar surface area (TPSA) is 54.3 Å². The van der Waals surface area contributed by atoms with Crippen molar-refractivity contribution in [1.29, 1.82) is 0 Å². The van der Waals surface area contributed by atoms with Gasteiger partial charge in [0.1, 0.15) is 0 Å². The molecule has 31 heavy (non-hydrogen) atoms. The largest absolute Gasteiger partial charge is 0.338 e. The van der Waals surface area contributed by atoms with Gasteiger partial charge in [0, 0.05) is 63.3 Å². The van der Waals surface area contributed by atoms with E-state index in [1.54, 1.807) is 17.5 Å². The fourth-order valence-electron chi connectivity index (χ4n) is 5.15. The Morgan fingerprint density at radius 2 is 2.16 bits per heavy atom. The molecule has 0 unspecified atom stereocenters. The molecule has 0 aliphatic carbocycles. The number of carbonyl (C=O) groups excluding carboxylic acids is 1. The summed E-state index contributed by atoms with van der Waals surface area (Å²) in [5.74, 6) is 0.394. The van der Waals surface area contributed by atoms with Crippen LogP contribution in [-0.4, -0.2) is 49.9 Å². The molecule has 2 aliphatic heterocycles. The van der Waals surface area contributed by atoms with Gasteiger partial charge in [-0.1, -0.05) is 6.07 Å². The zero-order chi connectivity index (χ0) is 21.4. The Balaban J connectivity index is 1.43. The number of hydrogen-bond acceptors (Lipinski definition) is 5. The lowest BCUT2D eigenvalue weighted by Crippen LogP contribution is -2.39. The molecular weight excluding hydrogens is 406 g/mol. The molecule has 2 saturated heterocycles. The molecule has 5 rings (SSSR count). The maximum Gasteiger partial charge on any atom is 0.231 e. The lowest BCUT2D eigenvalue weighted by molar-refractivity contribution is -0.136. The number of nitrogens with zero attached hydrogens (tertiary/aromatic N) is 5. The van der Waals surface area contributed by atoms with E-state index in [0.29, 0.717) is 12.6 Å². The van der Waals surface area contributed by atoms with Gasteiger partial charge in [-0.05, 0) is 54.3 Å². The first-order chi connectivity index (χ1) is 15.0. The molecule has 162 valence electrons. The van der Waals surface area contributed by atoms with E-state index in [9.17, 15) is 4.79 Å². The van der Waals surface area contributed by atoms with Crippen LogP contribution in [0.4, 0.5) is 0 Å². The molecule has 2 fully saturated rings. The molecule has 6 nitrogen and oxygen atoms in total. The standard InChI is InChI=1S/C24H29N5OS/c1-18(2)29-14-22(26-17-29)21-13-27(11-20-5-9-31-15-20)16-24(21)6-8-28(23(24)30)12-19-4-3-7-25-10-19/h3-5,7,9-10,14-15,17-18,21H,6,8,11-13,16H2,1-2H3/t21-,24+/m1/s1. The summed E-state index contributed by atoms with van der Waals surface area (Å²) < 4.78 is 2.15. The van der Waals surface area contributed by atoms with Crippen LogP contribution in [0.15, 0.2) is 53.9 Å². The van der Waals surface area contributed by atoms with E-state index in [1.165, 1.54) is 5.56 Å². The van der Waals surface area contributed by atoms with Crippen LogP contribution >= 0.6 is 11.3 Å². The zero-order valence-corrected chi connectivity index (χ0v) is 19.0. The van der Waals surface area contributed by atoms with Gasteiger partial charge in [0.25, 0.3) is 0 Å². The average Bonchev–Trinajstić information content (AvgIpc) is 3.55. The van der Waals surface area contributed by atoms with Crippen LogP contribution in [0, 0.1) is 5.41 Å². The van der Waals surface area contributed by atoms with Crippen molar-refractivity contribution in [3.8, 4) is 0 Å². The van der Waals surface area contributed by atoms with E-state index in [-0.39, 0.29) is 11.8 Å². The monoisotopic (exact) mass is 435 g/mol. The van der Waals surface area contributed by atoms with Crippen LogP contribution < -0.4 is 0 Å². The molecule has 1 spiro atoms. The predicted molar refractivity (Wildman–Crippen MR) is 122 cm³/mol. The Hall–Kier alpha value is -2.51. The van der Waals surface area contributed by atoms with E-state index in [1.807, 2.05) is 29.6 Å². The highest BCUT2D eigenvalue weighted by atomic mass is 32.1. The minimum Gasteiger partial charge on any atom is -0.338 e. The second-order valence-corrected chi connectivity index (χ2v) is 9.97. The smallest absolute Gasteiger partial charge is 0.231 e. The number of hydrogen-bond donors (Lipinski definition) is 0. The molecule has 0 N–H and O–H groups in total. The van der Waals surface area contributed by atoms with Crippen molar-refractivity contribution in [3.63, 3.8) is 0 Å². The molecule has 0 aromatic carbocycles. The van der Waals surface area contributed by atoms with Gasteiger partial charge in [0.05, 0.1) is 17.4 Å². The molecular formula is C24H29N5OS. The van der Waals surface area contributed by atoms with Crippen LogP contribution in [-0.2, 0) is 17.9 Å². The van der Waals surface area contributed by atoms with E-state index in [0.717, 1.165) is 43.9 Å². The summed E-state index contributed by atoms with van der Waals surface area (Å²) >= 11 is 1.73. The highest BCUT2D eigenvalue weighted by Gasteiger charge is 2.57. The van der Waals surface area contributed by atoms with E-state index in [4.69, 9.17) is 4.98 Å². The van der Waals surface area contributed by atoms with Crippen LogP contribution in [0.25, 0.3) is 0 Å². The third-order valence-electron chi connectivity index (χ3n) is 6.81. The molecule has 2 aliphatic rings. The minimum absolute atomic E-state index is 0.123. The molecule has 3 aromatic heterocycles. The third-order valence-corrected chi connectivity index (χ3v) is 7.54. The van der Waals surface area contributed by atoms with Crippen molar-refractivity contribution < 1.29 is 4.79 Å². The summed E-state index contributed by atoms with van der Waals surface area (Å²) in [6, 6.07) is 6.53. The first-order valence-corrected chi connectivity index (χ1v) is 11.9. The average molecular weight is 436 g/mol. The molecule has 1 amide bonds. The Morgan fingerprint density at radius 1 is 1.26 bits per heavy atom. The van der Waals surface area contributed by atoms with E-state index >= 15 is 0 Å². The Morgan fingerprint density at radius 3 is 2.87 bits per heavy atom. The number of pyridine rings is 1. The fourth-order valence-corrected chi connectivity index (χ4v) is 5.81. The summed E-state index contributed by atoms with van der Waals surface area (Å²) in [6.45, 7) is 8.31. The van der Waals surface area contributed by atoms with Gasteiger partial charge < -0.3 is 9.47 Å². The van der Waals surface area contributed by atoms with Crippen molar-refractivity contribution in [2.75, 3.05) is 19.6 Å². The van der Waals surface area contributed by atoms with Gasteiger partial charge in [0.15, 0.2) is 0 Å². The number of amides is 1. The lowest BCUT2D eigenvalue weighted by atomic mass is 9.75. The maximum absolute atomic E-state index is 13.9. The van der Waals surface area contributed by atoms with Crippen LogP contribution in [0.5, 0.6) is 0 Å². The summed E-state index contributed by atoms with van der Waals surface area (Å²) in [4.78, 5) is 27.3. The quantitative estimate of drug-likeness (QED) is 0.589. The Bertz CT molecular complexity index is 1030. The molecule has 2 atom stereocenters. The van der Waals surface area contributed by atoms with Crippen molar-refractivity contribution in [3.05, 3.63) is 70.7 Å². The number of likely N-dealkylation sites (tertiary alicyclic amines) is 2. The van der Waals surface area contributed by atoms with Crippen LogP contribution in [0.1, 0.15) is 49.0 Å². The van der Waals surface area contributed by atoms with E-state index in [2.05, 4.69) is 51.3 Å². The molecule has 5 heterocycles. The zero-order valence-electron chi connectivity index (χ0n) is 18.1. The number of rotatable bonds is 6. The maximum atomic E-state index is 13.9. The van der Waals surface area contributed by atoms with Crippen LogP contribution in [0.2, 0.25) is 0 Å². The first kappa shape index (κ1) is 20.4. The summed E-state index contributed by atoms with van der Waals surface area (Å²) in [5.41, 5.74) is 3.07. The highest BCUT2D eigenvalue weighted by molar-refractivity contribution is 7.07. The Kier molecular flexibility index (Phi) is 5.40. The molecule has 7 heteroatoms. The molecule has 3 aromatic rings. The number of thiophene rings is 1. The van der Waals surface area contributed by atoms with Gasteiger partial charge >= 0.3 is 0 Å². The second-order valence-electron chi connectivity index (χ2n) is 9.19. The summed E-state index contributed by atoms with van der Waals surface area (Å²) in [5, 5.41) is 4.33. The lowest BCUT2D eigenvalue weighted by Gasteiger charge is -2.28. The van der Waals surface area contributed by atoms with Gasteiger partial charge in [-0.25, -0.2) is 4.98 Å². The predicted octanol–water partition coefficient (Wildman–Crippen LogP) is 3.94. The third kappa shape index (κ3) is 3.81. The summed E-state index contributed by atoms with van der Waals surface area (Å²) in [7, 11) is 0. The van der Waals surface area contributed by atoms with Crippen molar-refractivity contribution in [1.82, 2.24) is 24.3 Å². The minimum atomic E-state index is -0.394. The van der Waals surface area contributed by atoms with Crippen molar-refractivity contribution in [2.45, 2.75) is 45.3 Å². The first-order valence-electron chi connectivity index (χ1n) is 11.0. The summed E-state index contributed by atoms with van der Waals surface area (Å²) in [6.07, 6.45) is 8.59. The van der Waals surface area contributed by atoms with E-state index < -0.39 is 5.41 Å². The van der Waals surface area contributed by atoms with Crippen molar-refractivity contribution >= 4 is 17.2 Å². The second kappa shape index (κ2) is 8.20. The van der Waals surface area contributed by atoms with Gasteiger partial charge in [0.2, 0.25) is 5.91 Å². The van der Waals surface area contributed by atoms with Gasteiger partial charge in [-0.2, -0.15) is 11.3 Å². The fraction of sp³-hybridized carbons (Fsp3) is 0.458. The molecule has 0 bridgehead atoms. The number of aromatic nitrogens is 3. The normalized spacial score (nSPS) is 24.2. The van der Waals surface area contributed by atoms with Crippen LogP contribution in [0.3, 0.4) is 0 Å². The molecule has 0 saturated carbocycles. The van der Waals surface area contributed by atoms with Gasteiger partial charge in [-0.15, -0.1) is 0 Å². The van der Waals surface area contributed by atoms with Crippen molar-refractivity contribution in [2.24, 2.45) is 5.41 Å². The number of carbonyl (C=O) groups is 1.